The molecule has 1 aromatic heterocycles. The second kappa shape index (κ2) is 7.40. The fourth-order valence-electron chi connectivity index (χ4n) is 1.72. The van der Waals surface area contributed by atoms with Gasteiger partial charge < -0.3 is 5.32 Å². The first-order valence-electron chi connectivity index (χ1n) is 6.94. The van der Waals surface area contributed by atoms with E-state index in [1.54, 1.807) is 16.4 Å². The number of hydrogen-bond acceptors (Lipinski definition) is 5. The zero-order valence-corrected chi connectivity index (χ0v) is 13.0. The highest BCUT2D eigenvalue weighted by atomic mass is 32.2. The number of benzene rings is 1. The summed E-state index contributed by atoms with van der Waals surface area (Å²) in [5, 5.41) is 16.7. The van der Waals surface area contributed by atoms with Gasteiger partial charge in [0.15, 0.2) is 0 Å². The van der Waals surface area contributed by atoms with Gasteiger partial charge in [-0.05, 0) is 35.9 Å². The van der Waals surface area contributed by atoms with E-state index >= 15 is 0 Å². The van der Waals surface area contributed by atoms with Crippen molar-refractivity contribution >= 4 is 11.8 Å². The highest BCUT2D eigenvalue weighted by Gasteiger charge is 2.13. The molecule has 0 aliphatic rings. The van der Waals surface area contributed by atoms with E-state index in [-0.39, 0.29) is 0 Å². The molecule has 20 heavy (non-hydrogen) atoms. The predicted octanol–water partition coefficient (Wildman–Crippen LogP) is 2.53. The van der Waals surface area contributed by atoms with E-state index < -0.39 is 0 Å². The normalized spacial score (nSPS) is 14.2. The molecular formula is C14H21N5S. The third-order valence-electron chi connectivity index (χ3n) is 3.11. The molecule has 2 aromatic rings. The minimum absolute atomic E-state index is 0.414. The Balaban J connectivity index is 1.99. The molecule has 6 heteroatoms. The first-order valence-corrected chi connectivity index (χ1v) is 7.82. The maximum absolute atomic E-state index is 4.12. The number of aromatic nitrogens is 4. The van der Waals surface area contributed by atoms with Crippen LogP contribution in [0.2, 0.25) is 0 Å². The molecule has 2 atom stereocenters. The van der Waals surface area contributed by atoms with Crippen LogP contribution in [0, 0.1) is 0 Å². The van der Waals surface area contributed by atoms with Crippen LogP contribution in [0.5, 0.6) is 0 Å². The Morgan fingerprint density at radius 1 is 1.25 bits per heavy atom. The van der Waals surface area contributed by atoms with Gasteiger partial charge in [-0.1, -0.05) is 43.8 Å². The lowest BCUT2D eigenvalue weighted by Crippen LogP contribution is -2.30. The number of tetrazole rings is 1. The molecule has 0 aliphatic heterocycles. The van der Waals surface area contributed by atoms with Crippen molar-refractivity contribution in [1.82, 2.24) is 25.5 Å². The SMILES string of the molecule is CCC(C)NCC(C)Sc1nnnn1-c1ccccc1. The van der Waals surface area contributed by atoms with Crippen molar-refractivity contribution in [2.75, 3.05) is 6.54 Å². The van der Waals surface area contributed by atoms with Gasteiger partial charge in [0.05, 0.1) is 5.69 Å². The lowest BCUT2D eigenvalue weighted by atomic mass is 10.2. The van der Waals surface area contributed by atoms with E-state index in [0.717, 1.165) is 23.8 Å². The van der Waals surface area contributed by atoms with Crippen molar-refractivity contribution in [3.05, 3.63) is 30.3 Å². The maximum atomic E-state index is 4.12. The Morgan fingerprint density at radius 2 is 2.00 bits per heavy atom. The zero-order chi connectivity index (χ0) is 14.4. The van der Waals surface area contributed by atoms with E-state index in [9.17, 15) is 0 Å². The van der Waals surface area contributed by atoms with E-state index in [0.29, 0.717) is 11.3 Å². The fourth-order valence-corrected chi connectivity index (χ4v) is 2.58. The van der Waals surface area contributed by atoms with Crippen molar-refractivity contribution < 1.29 is 0 Å². The van der Waals surface area contributed by atoms with Crippen LogP contribution in [-0.4, -0.2) is 38.0 Å². The van der Waals surface area contributed by atoms with Gasteiger partial charge in [-0.15, -0.1) is 5.10 Å². The summed E-state index contributed by atoms with van der Waals surface area (Å²) >= 11 is 1.69. The summed E-state index contributed by atoms with van der Waals surface area (Å²) in [5.74, 6) is 0. The molecule has 108 valence electrons. The average molecular weight is 291 g/mol. The number of rotatable bonds is 7. The van der Waals surface area contributed by atoms with Crippen LogP contribution in [0.25, 0.3) is 5.69 Å². The number of para-hydroxylation sites is 1. The van der Waals surface area contributed by atoms with Gasteiger partial charge in [0.1, 0.15) is 0 Å². The zero-order valence-electron chi connectivity index (χ0n) is 12.2. The lowest BCUT2D eigenvalue weighted by molar-refractivity contribution is 0.536. The van der Waals surface area contributed by atoms with Crippen LogP contribution in [0.1, 0.15) is 27.2 Å². The number of nitrogens with zero attached hydrogens (tertiary/aromatic N) is 4. The summed E-state index contributed by atoms with van der Waals surface area (Å²) in [7, 11) is 0. The molecule has 0 amide bonds. The summed E-state index contributed by atoms with van der Waals surface area (Å²) in [6.07, 6.45) is 1.14. The fraction of sp³-hybridized carbons (Fsp3) is 0.500. The van der Waals surface area contributed by atoms with E-state index in [2.05, 4.69) is 41.6 Å². The molecule has 0 bridgehead atoms. The highest BCUT2D eigenvalue weighted by Crippen LogP contribution is 2.22. The second-order valence-corrected chi connectivity index (χ2v) is 6.26. The minimum atomic E-state index is 0.414. The first kappa shape index (κ1) is 15.0. The van der Waals surface area contributed by atoms with Gasteiger partial charge in [-0.3, -0.25) is 0 Å². The average Bonchev–Trinajstić information content (AvgIpc) is 2.93. The van der Waals surface area contributed by atoms with E-state index in [1.807, 2.05) is 30.3 Å². The van der Waals surface area contributed by atoms with Crippen LogP contribution >= 0.6 is 11.8 Å². The lowest BCUT2D eigenvalue weighted by Gasteiger charge is -2.15. The summed E-state index contributed by atoms with van der Waals surface area (Å²) in [4.78, 5) is 0. The van der Waals surface area contributed by atoms with Crippen molar-refractivity contribution in [2.24, 2.45) is 0 Å². The molecule has 1 heterocycles. The number of nitrogens with one attached hydrogen (secondary N) is 1. The molecule has 2 unspecified atom stereocenters. The van der Waals surface area contributed by atoms with Gasteiger partial charge in [0.2, 0.25) is 5.16 Å². The second-order valence-electron chi connectivity index (χ2n) is 4.85. The van der Waals surface area contributed by atoms with Crippen molar-refractivity contribution in [1.29, 1.82) is 0 Å². The third-order valence-corrected chi connectivity index (χ3v) is 4.15. The van der Waals surface area contributed by atoms with Gasteiger partial charge in [0.25, 0.3) is 0 Å². The molecule has 2 rings (SSSR count). The summed E-state index contributed by atoms with van der Waals surface area (Å²) in [5.41, 5.74) is 0.988. The Bertz CT molecular complexity index is 513. The first-order chi connectivity index (χ1) is 9.70. The molecule has 0 saturated heterocycles. The standard InChI is InChI=1S/C14H21N5S/c1-4-11(2)15-10-12(3)20-14-16-17-18-19(14)13-8-6-5-7-9-13/h5-9,11-12,15H,4,10H2,1-3H3. The van der Waals surface area contributed by atoms with Crippen molar-refractivity contribution in [3.8, 4) is 5.69 Å². The van der Waals surface area contributed by atoms with Crippen molar-refractivity contribution in [3.63, 3.8) is 0 Å². The molecule has 1 aromatic carbocycles. The summed E-state index contributed by atoms with van der Waals surface area (Å²) in [6, 6.07) is 10.5. The van der Waals surface area contributed by atoms with Gasteiger partial charge in [-0.25, -0.2) is 0 Å². The monoisotopic (exact) mass is 291 g/mol. The molecule has 0 saturated carbocycles. The van der Waals surface area contributed by atoms with E-state index in [4.69, 9.17) is 0 Å². The van der Waals surface area contributed by atoms with Crippen LogP contribution < -0.4 is 5.32 Å². The topological polar surface area (TPSA) is 55.6 Å². The molecule has 0 fully saturated rings. The van der Waals surface area contributed by atoms with Crippen LogP contribution in [0.4, 0.5) is 0 Å². The Kier molecular flexibility index (Phi) is 5.55. The van der Waals surface area contributed by atoms with Crippen LogP contribution in [0.15, 0.2) is 35.5 Å². The number of thioether (sulfide) groups is 1. The molecule has 0 radical (unpaired) electrons. The number of hydrogen-bond donors (Lipinski definition) is 1. The van der Waals surface area contributed by atoms with Crippen molar-refractivity contribution in [2.45, 2.75) is 43.6 Å². The molecule has 0 aliphatic carbocycles. The van der Waals surface area contributed by atoms with Gasteiger partial charge in [-0.2, -0.15) is 4.68 Å². The Labute approximate surface area is 124 Å². The third kappa shape index (κ3) is 4.05. The summed E-state index contributed by atoms with van der Waals surface area (Å²) < 4.78 is 1.78. The molecular weight excluding hydrogens is 270 g/mol. The maximum Gasteiger partial charge on any atom is 0.214 e. The minimum Gasteiger partial charge on any atom is -0.313 e. The van der Waals surface area contributed by atoms with Gasteiger partial charge >= 0.3 is 0 Å². The Hall–Kier alpha value is -1.40. The Morgan fingerprint density at radius 3 is 2.70 bits per heavy atom. The van der Waals surface area contributed by atoms with E-state index in [1.165, 1.54) is 0 Å². The van der Waals surface area contributed by atoms with Crippen LogP contribution in [-0.2, 0) is 0 Å². The molecule has 1 N–H and O–H groups in total. The quantitative estimate of drug-likeness (QED) is 0.794. The van der Waals surface area contributed by atoms with Crippen LogP contribution in [0.3, 0.4) is 0 Å². The molecule has 0 spiro atoms. The highest BCUT2D eigenvalue weighted by molar-refractivity contribution is 7.99. The molecule has 5 nitrogen and oxygen atoms in total. The summed E-state index contributed by atoms with van der Waals surface area (Å²) in [6.45, 7) is 7.52. The largest absolute Gasteiger partial charge is 0.313 e. The smallest absolute Gasteiger partial charge is 0.214 e. The van der Waals surface area contributed by atoms with Gasteiger partial charge in [0, 0.05) is 17.8 Å². The predicted molar refractivity (Wildman–Crippen MR) is 82.2 cm³/mol.